The van der Waals surface area contributed by atoms with E-state index in [0.717, 1.165) is 54.1 Å². The van der Waals surface area contributed by atoms with Crippen molar-refractivity contribution in [2.24, 2.45) is 0 Å². The molecule has 2 aromatic carbocycles. The molecule has 0 unspecified atom stereocenters. The van der Waals surface area contributed by atoms with E-state index in [1.165, 1.54) is 0 Å². The molecule has 4 aromatic rings. The van der Waals surface area contributed by atoms with Crippen molar-refractivity contribution in [2.75, 3.05) is 25.0 Å². The number of benzene rings is 2. The normalized spacial score (nSPS) is 11.6. The van der Waals surface area contributed by atoms with Crippen LogP contribution < -0.4 is 5.32 Å². The van der Waals surface area contributed by atoms with Crippen LogP contribution in [-0.4, -0.2) is 50.0 Å². The predicted molar refractivity (Wildman–Crippen MR) is 121 cm³/mol. The van der Waals surface area contributed by atoms with Crippen molar-refractivity contribution in [2.45, 2.75) is 33.2 Å². The fourth-order valence-corrected chi connectivity index (χ4v) is 3.72. The number of para-hydroxylation sites is 4. The van der Waals surface area contributed by atoms with Gasteiger partial charge in [-0.05, 0) is 37.4 Å². The minimum atomic E-state index is -0.0603. The number of aromatic nitrogens is 4. The topological polar surface area (TPSA) is 78.8 Å². The summed E-state index contributed by atoms with van der Waals surface area (Å²) in [4.78, 5) is 27.5. The summed E-state index contributed by atoms with van der Waals surface area (Å²) in [6, 6.07) is 15.9. The van der Waals surface area contributed by atoms with Gasteiger partial charge in [0.1, 0.15) is 5.82 Å². The van der Waals surface area contributed by atoms with Gasteiger partial charge in [0, 0.05) is 25.9 Å². The monoisotopic (exact) mass is 404 g/mol. The maximum absolute atomic E-state index is 12.7. The number of carbonyl (C=O) groups excluding carboxylic acids is 1. The molecule has 0 saturated carbocycles. The number of nitrogens with one attached hydrogen (secondary N) is 2. The van der Waals surface area contributed by atoms with Crippen LogP contribution in [0.4, 0.5) is 5.95 Å². The van der Waals surface area contributed by atoms with Crippen LogP contribution in [0.1, 0.15) is 26.1 Å². The number of carbonyl (C=O) groups is 1. The van der Waals surface area contributed by atoms with E-state index in [2.05, 4.69) is 49.6 Å². The number of likely N-dealkylation sites (N-methyl/N-ethyl adjacent to an activating group) is 1. The first-order valence-electron chi connectivity index (χ1n) is 10.6. The van der Waals surface area contributed by atoms with Gasteiger partial charge >= 0.3 is 0 Å². The Hall–Kier alpha value is -3.19. The Kier molecular flexibility index (Phi) is 6.09. The van der Waals surface area contributed by atoms with E-state index in [1.807, 2.05) is 42.5 Å². The molecule has 7 heteroatoms. The zero-order chi connectivity index (χ0) is 20.9. The quantitative estimate of drug-likeness (QED) is 0.444. The Morgan fingerprint density at radius 3 is 2.53 bits per heavy atom. The highest BCUT2D eigenvalue weighted by atomic mass is 16.1. The van der Waals surface area contributed by atoms with Crippen LogP contribution in [0, 0.1) is 0 Å². The number of fused-ring (bicyclic) bond motifs is 2. The van der Waals surface area contributed by atoms with Crippen LogP contribution in [0.15, 0.2) is 48.5 Å². The predicted octanol–water partition coefficient (Wildman–Crippen LogP) is 3.83. The first-order valence-corrected chi connectivity index (χ1v) is 10.6. The number of nitrogens with zero attached hydrogens (tertiary/aromatic N) is 4. The van der Waals surface area contributed by atoms with Crippen LogP contribution in [0.2, 0.25) is 0 Å². The molecule has 156 valence electrons. The Bertz CT molecular complexity index is 1110. The lowest BCUT2D eigenvalue weighted by Gasteiger charge is -2.19. The van der Waals surface area contributed by atoms with Crippen LogP contribution >= 0.6 is 0 Å². The molecule has 1 amide bonds. The molecule has 0 fully saturated rings. The third kappa shape index (κ3) is 4.36. The summed E-state index contributed by atoms with van der Waals surface area (Å²) in [5.74, 6) is 1.37. The van der Waals surface area contributed by atoms with Gasteiger partial charge in [0.25, 0.3) is 0 Å². The van der Waals surface area contributed by atoms with Gasteiger partial charge in [-0.1, -0.05) is 38.1 Å². The number of H-pyrrole nitrogens is 1. The molecule has 0 aliphatic carbocycles. The molecule has 7 nitrogen and oxygen atoms in total. The Labute approximate surface area is 176 Å². The minimum absolute atomic E-state index is 0.0603. The van der Waals surface area contributed by atoms with E-state index in [-0.39, 0.29) is 5.91 Å². The molecule has 0 radical (unpaired) electrons. The Balaban J connectivity index is 1.46. The highest BCUT2D eigenvalue weighted by Crippen LogP contribution is 2.20. The summed E-state index contributed by atoms with van der Waals surface area (Å²) in [7, 11) is 0. The maximum atomic E-state index is 12.7. The fourth-order valence-electron chi connectivity index (χ4n) is 3.72. The second kappa shape index (κ2) is 9.09. The Morgan fingerprint density at radius 1 is 1.03 bits per heavy atom. The van der Waals surface area contributed by atoms with Gasteiger partial charge < -0.3 is 14.5 Å². The highest BCUT2D eigenvalue weighted by Gasteiger charge is 2.14. The molecule has 0 aliphatic heterocycles. The van der Waals surface area contributed by atoms with E-state index < -0.39 is 0 Å². The second-order valence-corrected chi connectivity index (χ2v) is 7.35. The summed E-state index contributed by atoms with van der Waals surface area (Å²) in [5, 5.41) is 3.02. The van der Waals surface area contributed by atoms with Gasteiger partial charge in [0.05, 0.1) is 22.1 Å². The lowest BCUT2D eigenvalue weighted by atomic mass is 10.3. The van der Waals surface area contributed by atoms with Crippen LogP contribution in [-0.2, 0) is 17.8 Å². The highest BCUT2D eigenvalue weighted by molar-refractivity contribution is 5.91. The largest absolute Gasteiger partial charge is 0.342 e. The molecule has 0 bridgehead atoms. The van der Waals surface area contributed by atoms with Gasteiger partial charge in [0.2, 0.25) is 11.9 Å². The molecule has 2 N–H and O–H groups in total. The third-order valence-electron chi connectivity index (χ3n) is 5.47. The van der Waals surface area contributed by atoms with Gasteiger partial charge in [-0.2, -0.15) is 0 Å². The van der Waals surface area contributed by atoms with E-state index in [0.29, 0.717) is 18.8 Å². The first-order chi connectivity index (χ1) is 14.7. The Morgan fingerprint density at radius 2 is 1.77 bits per heavy atom. The summed E-state index contributed by atoms with van der Waals surface area (Å²) in [5.41, 5.74) is 3.85. The van der Waals surface area contributed by atoms with Crippen molar-refractivity contribution in [1.82, 2.24) is 24.4 Å². The minimum Gasteiger partial charge on any atom is -0.342 e. The molecular weight excluding hydrogens is 376 g/mol. The SMILES string of the molecule is CCN(CC)CCn1c(NC(=O)CCc2nc3ccccc3[nH]2)nc2ccccc21. The number of hydrogen-bond donors (Lipinski definition) is 2. The van der Waals surface area contributed by atoms with Crippen molar-refractivity contribution >= 4 is 33.9 Å². The van der Waals surface area contributed by atoms with E-state index in [9.17, 15) is 4.79 Å². The average Bonchev–Trinajstić information content (AvgIpc) is 3.34. The molecule has 0 aliphatic rings. The standard InChI is InChI=1S/C23H28N6O/c1-3-28(4-2)15-16-29-20-12-8-7-11-19(20)26-23(29)27-22(30)14-13-21-24-17-9-5-6-10-18(17)25-21/h5-12H,3-4,13-16H2,1-2H3,(H,24,25)(H,26,27,30). The molecule has 2 aromatic heterocycles. The van der Waals surface area contributed by atoms with Crippen molar-refractivity contribution in [3.05, 3.63) is 54.4 Å². The van der Waals surface area contributed by atoms with E-state index in [4.69, 9.17) is 0 Å². The smallest absolute Gasteiger partial charge is 0.227 e. The molecule has 0 saturated heterocycles. The summed E-state index contributed by atoms with van der Waals surface area (Å²) < 4.78 is 2.10. The number of rotatable bonds is 9. The number of anilines is 1. The van der Waals surface area contributed by atoms with Crippen molar-refractivity contribution in [3.8, 4) is 0 Å². The van der Waals surface area contributed by atoms with Crippen molar-refractivity contribution in [3.63, 3.8) is 0 Å². The lowest BCUT2D eigenvalue weighted by molar-refractivity contribution is -0.116. The number of aryl methyl sites for hydroxylation is 1. The zero-order valence-corrected chi connectivity index (χ0v) is 17.6. The lowest BCUT2D eigenvalue weighted by Crippen LogP contribution is -2.27. The number of hydrogen-bond acceptors (Lipinski definition) is 4. The molecule has 4 rings (SSSR count). The van der Waals surface area contributed by atoms with E-state index in [1.54, 1.807) is 0 Å². The van der Waals surface area contributed by atoms with Crippen molar-refractivity contribution in [1.29, 1.82) is 0 Å². The summed E-state index contributed by atoms with van der Waals surface area (Å²) in [6.07, 6.45) is 0.902. The molecule has 2 heterocycles. The van der Waals surface area contributed by atoms with E-state index >= 15 is 0 Å². The van der Waals surface area contributed by atoms with Gasteiger partial charge in [-0.3, -0.25) is 10.1 Å². The molecule has 30 heavy (non-hydrogen) atoms. The first kappa shape index (κ1) is 20.1. The fraction of sp³-hybridized carbons (Fsp3) is 0.348. The molecule has 0 atom stereocenters. The second-order valence-electron chi connectivity index (χ2n) is 7.35. The maximum Gasteiger partial charge on any atom is 0.227 e. The van der Waals surface area contributed by atoms with Crippen LogP contribution in [0.5, 0.6) is 0 Å². The van der Waals surface area contributed by atoms with Crippen LogP contribution in [0.25, 0.3) is 22.1 Å². The van der Waals surface area contributed by atoms with Crippen molar-refractivity contribution < 1.29 is 4.79 Å². The third-order valence-corrected chi connectivity index (χ3v) is 5.47. The number of imidazole rings is 2. The van der Waals surface area contributed by atoms with Gasteiger partial charge in [-0.25, -0.2) is 9.97 Å². The molecular formula is C23H28N6O. The average molecular weight is 405 g/mol. The van der Waals surface area contributed by atoms with Gasteiger partial charge in [0.15, 0.2) is 0 Å². The molecule has 0 spiro atoms. The van der Waals surface area contributed by atoms with Gasteiger partial charge in [-0.15, -0.1) is 0 Å². The van der Waals surface area contributed by atoms with Crippen LogP contribution in [0.3, 0.4) is 0 Å². The number of amides is 1. The summed E-state index contributed by atoms with van der Waals surface area (Å²) >= 11 is 0. The zero-order valence-electron chi connectivity index (χ0n) is 17.6. The summed E-state index contributed by atoms with van der Waals surface area (Å²) in [6.45, 7) is 8.02. The number of aromatic amines is 1.